The van der Waals surface area contributed by atoms with E-state index in [2.05, 4.69) is 27.8 Å². The largest absolute Gasteiger partial charge is 0.342 e. The minimum absolute atomic E-state index is 0.129. The molecule has 0 fully saturated rings. The molecule has 1 aromatic heterocycles. The lowest BCUT2D eigenvalue weighted by Gasteiger charge is -2.15. The first-order valence-electron chi connectivity index (χ1n) is 10.5. The number of thioether (sulfide) groups is 1. The summed E-state index contributed by atoms with van der Waals surface area (Å²) in [5, 5.41) is 15.6. The molecule has 3 aromatic rings. The van der Waals surface area contributed by atoms with Gasteiger partial charge in [0, 0.05) is 17.3 Å². The summed E-state index contributed by atoms with van der Waals surface area (Å²) in [4.78, 5) is 25.0. The predicted molar refractivity (Wildman–Crippen MR) is 133 cm³/mol. The molecule has 174 valence electrons. The molecule has 0 radical (unpaired) electrons. The lowest BCUT2D eigenvalue weighted by atomic mass is 10.1. The summed E-state index contributed by atoms with van der Waals surface area (Å²) in [7, 11) is 0. The molecule has 7 nitrogen and oxygen atoms in total. The number of carbonyl (C=O) groups excluding carboxylic acids is 2. The van der Waals surface area contributed by atoms with Crippen LogP contribution in [0.2, 0.25) is 10.0 Å². The molecule has 0 saturated heterocycles. The van der Waals surface area contributed by atoms with Crippen molar-refractivity contribution in [2.75, 3.05) is 11.1 Å². The molecule has 2 aromatic carbocycles. The van der Waals surface area contributed by atoms with Crippen molar-refractivity contribution in [1.29, 1.82) is 0 Å². The van der Waals surface area contributed by atoms with E-state index < -0.39 is 6.04 Å². The Balaban J connectivity index is 1.62. The molecule has 0 saturated carbocycles. The van der Waals surface area contributed by atoms with Crippen LogP contribution in [0.1, 0.15) is 48.6 Å². The number of hydrogen-bond donors (Lipinski definition) is 2. The summed E-state index contributed by atoms with van der Waals surface area (Å²) in [6.07, 6.45) is 0.949. The predicted octanol–water partition coefficient (Wildman–Crippen LogP) is 5.39. The molecular weight excluding hydrogens is 481 g/mol. The normalized spacial score (nSPS) is 11.8. The zero-order valence-electron chi connectivity index (χ0n) is 18.6. The number of aryl methyl sites for hydroxylation is 1. The number of nitrogens with one attached hydrogen (secondary N) is 2. The highest BCUT2D eigenvalue weighted by atomic mass is 35.5. The summed E-state index contributed by atoms with van der Waals surface area (Å²) in [5.74, 6) is 0.316. The zero-order valence-corrected chi connectivity index (χ0v) is 20.9. The number of amides is 2. The maximum Gasteiger partial charge on any atom is 0.253 e. The maximum atomic E-state index is 12.6. The van der Waals surface area contributed by atoms with E-state index in [1.165, 1.54) is 23.4 Å². The first-order chi connectivity index (χ1) is 15.8. The minimum atomic E-state index is -0.419. The van der Waals surface area contributed by atoms with Gasteiger partial charge in [-0.05, 0) is 56.2 Å². The first-order valence-corrected chi connectivity index (χ1v) is 12.3. The lowest BCUT2D eigenvalue weighted by Crippen LogP contribution is -2.29. The van der Waals surface area contributed by atoms with Gasteiger partial charge in [0.2, 0.25) is 5.91 Å². The average molecular weight is 506 g/mol. The summed E-state index contributed by atoms with van der Waals surface area (Å²) in [6, 6.07) is 12.1. The van der Waals surface area contributed by atoms with E-state index in [9.17, 15) is 9.59 Å². The molecule has 0 aliphatic carbocycles. The van der Waals surface area contributed by atoms with E-state index >= 15 is 0 Å². The van der Waals surface area contributed by atoms with Crippen molar-refractivity contribution in [2.45, 2.75) is 44.9 Å². The van der Waals surface area contributed by atoms with Crippen LogP contribution in [0.5, 0.6) is 0 Å². The van der Waals surface area contributed by atoms with E-state index in [0.717, 1.165) is 12.1 Å². The van der Waals surface area contributed by atoms with Gasteiger partial charge in [-0.25, -0.2) is 0 Å². The van der Waals surface area contributed by atoms with Crippen molar-refractivity contribution in [3.05, 3.63) is 69.5 Å². The highest BCUT2D eigenvalue weighted by Crippen LogP contribution is 2.24. The fourth-order valence-corrected chi connectivity index (χ4v) is 4.49. The Kier molecular flexibility index (Phi) is 8.77. The van der Waals surface area contributed by atoms with Crippen LogP contribution in [0.15, 0.2) is 47.6 Å². The molecule has 10 heteroatoms. The van der Waals surface area contributed by atoms with Gasteiger partial charge in [-0.1, -0.05) is 54.0 Å². The van der Waals surface area contributed by atoms with E-state index in [1.807, 2.05) is 42.7 Å². The van der Waals surface area contributed by atoms with Crippen LogP contribution in [0.25, 0.3) is 0 Å². The highest BCUT2D eigenvalue weighted by molar-refractivity contribution is 7.99. The molecule has 0 aliphatic rings. The van der Waals surface area contributed by atoms with Crippen LogP contribution in [0.4, 0.5) is 5.69 Å². The minimum Gasteiger partial charge on any atom is -0.342 e. The number of nitrogens with zero attached hydrogens (tertiary/aromatic N) is 3. The van der Waals surface area contributed by atoms with E-state index in [0.29, 0.717) is 28.1 Å². The van der Waals surface area contributed by atoms with Gasteiger partial charge in [0.15, 0.2) is 11.0 Å². The molecule has 0 bridgehead atoms. The molecule has 0 spiro atoms. The third-order valence-electron chi connectivity index (χ3n) is 4.95. The summed E-state index contributed by atoms with van der Waals surface area (Å²) in [6.45, 7) is 6.45. The van der Waals surface area contributed by atoms with Gasteiger partial charge in [0.05, 0.1) is 22.4 Å². The molecule has 0 unspecified atom stereocenters. The maximum absolute atomic E-state index is 12.6. The Morgan fingerprint density at radius 2 is 1.82 bits per heavy atom. The third kappa shape index (κ3) is 6.50. The summed E-state index contributed by atoms with van der Waals surface area (Å²) < 4.78 is 1.88. The van der Waals surface area contributed by atoms with Crippen LogP contribution in [-0.2, 0) is 17.8 Å². The second-order valence-corrected chi connectivity index (χ2v) is 9.08. The smallest absolute Gasteiger partial charge is 0.253 e. The SMILES string of the molecule is CCc1ccc(NC(=O)CSc2nnc([C@@H](C)NC(=O)c3ccc(Cl)cc3Cl)n2CC)cc1. The molecule has 1 heterocycles. The Morgan fingerprint density at radius 1 is 1.09 bits per heavy atom. The number of halogens is 2. The van der Waals surface area contributed by atoms with Crippen molar-refractivity contribution in [2.24, 2.45) is 0 Å². The van der Waals surface area contributed by atoms with Gasteiger partial charge in [0.25, 0.3) is 5.91 Å². The van der Waals surface area contributed by atoms with Gasteiger partial charge in [0.1, 0.15) is 0 Å². The molecular formula is C23H25Cl2N5O2S. The van der Waals surface area contributed by atoms with Gasteiger partial charge < -0.3 is 15.2 Å². The van der Waals surface area contributed by atoms with Crippen LogP contribution >= 0.6 is 35.0 Å². The summed E-state index contributed by atoms with van der Waals surface area (Å²) >= 11 is 13.3. The lowest BCUT2D eigenvalue weighted by molar-refractivity contribution is -0.113. The van der Waals surface area contributed by atoms with Crippen LogP contribution in [-0.4, -0.2) is 32.3 Å². The molecule has 3 rings (SSSR count). The van der Waals surface area contributed by atoms with Crippen molar-refractivity contribution < 1.29 is 9.59 Å². The Hall–Kier alpha value is -2.55. The van der Waals surface area contributed by atoms with Gasteiger partial charge in [-0.3, -0.25) is 9.59 Å². The van der Waals surface area contributed by atoms with Gasteiger partial charge in [-0.15, -0.1) is 10.2 Å². The number of benzene rings is 2. The molecule has 0 aliphatic heterocycles. The second kappa shape index (κ2) is 11.5. The molecule has 2 amide bonds. The van der Waals surface area contributed by atoms with Gasteiger partial charge >= 0.3 is 0 Å². The van der Waals surface area contributed by atoms with Crippen molar-refractivity contribution in [3.63, 3.8) is 0 Å². The number of aromatic nitrogens is 3. The first kappa shape index (κ1) is 25.1. The van der Waals surface area contributed by atoms with E-state index in [4.69, 9.17) is 23.2 Å². The molecule has 1 atom stereocenters. The Bertz CT molecular complexity index is 1130. The zero-order chi connectivity index (χ0) is 24.0. The fraction of sp³-hybridized carbons (Fsp3) is 0.304. The highest BCUT2D eigenvalue weighted by Gasteiger charge is 2.21. The number of hydrogen-bond acceptors (Lipinski definition) is 5. The van der Waals surface area contributed by atoms with Crippen LogP contribution in [0.3, 0.4) is 0 Å². The number of anilines is 1. The van der Waals surface area contributed by atoms with Crippen molar-refractivity contribution in [1.82, 2.24) is 20.1 Å². The molecule has 2 N–H and O–H groups in total. The molecule has 33 heavy (non-hydrogen) atoms. The monoisotopic (exact) mass is 505 g/mol. The fourth-order valence-electron chi connectivity index (χ4n) is 3.19. The second-order valence-electron chi connectivity index (χ2n) is 7.29. The van der Waals surface area contributed by atoms with Crippen molar-refractivity contribution >= 4 is 52.5 Å². The van der Waals surface area contributed by atoms with Crippen molar-refractivity contribution in [3.8, 4) is 0 Å². The Labute approximate surface area is 207 Å². The van der Waals surface area contributed by atoms with Gasteiger partial charge in [-0.2, -0.15) is 0 Å². The van der Waals surface area contributed by atoms with E-state index in [1.54, 1.807) is 12.1 Å². The summed E-state index contributed by atoms with van der Waals surface area (Å²) in [5.41, 5.74) is 2.30. The van der Waals surface area contributed by atoms with Crippen LogP contribution < -0.4 is 10.6 Å². The third-order valence-corrected chi connectivity index (χ3v) is 6.47. The van der Waals surface area contributed by atoms with E-state index in [-0.39, 0.29) is 22.6 Å². The number of rotatable bonds is 9. The number of carbonyl (C=O) groups is 2. The van der Waals surface area contributed by atoms with Crippen LogP contribution in [0, 0.1) is 0 Å². The standard InChI is InChI=1S/C23H25Cl2N5O2S/c1-4-15-6-9-17(10-7-15)27-20(31)13-33-23-29-28-21(30(23)5-2)14(3)26-22(32)18-11-8-16(24)12-19(18)25/h6-12,14H,4-5,13H2,1-3H3,(H,26,32)(H,27,31)/t14-/m1/s1. The quantitative estimate of drug-likeness (QED) is 0.380. The average Bonchev–Trinajstić information content (AvgIpc) is 3.21. The Morgan fingerprint density at radius 3 is 2.45 bits per heavy atom. The topological polar surface area (TPSA) is 88.9 Å².